The smallest absolute Gasteiger partial charge is 0.227 e. The molecule has 0 aromatic rings. The third-order valence-corrected chi connectivity index (χ3v) is 3.38. The van der Waals surface area contributed by atoms with Gasteiger partial charge in [0.2, 0.25) is 5.91 Å². The summed E-state index contributed by atoms with van der Waals surface area (Å²) >= 11 is 0. The number of rotatable bonds is 4. The van der Waals surface area contributed by atoms with Gasteiger partial charge >= 0.3 is 0 Å². The van der Waals surface area contributed by atoms with E-state index in [4.69, 9.17) is 5.73 Å². The second-order valence-corrected chi connectivity index (χ2v) is 4.86. The maximum Gasteiger partial charge on any atom is 0.227 e. The van der Waals surface area contributed by atoms with Crippen molar-refractivity contribution in [3.63, 3.8) is 0 Å². The highest BCUT2D eigenvalue weighted by Crippen LogP contribution is 2.15. The summed E-state index contributed by atoms with van der Waals surface area (Å²) in [6, 6.07) is 0.317. The highest BCUT2D eigenvalue weighted by Gasteiger charge is 2.29. The molecule has 0 bridgehead atoms. The maximum atomic E-state index is 12.3. The van der Waals surface area contributed by atoms with Gasteiger partial charge in [-0.2, -0.15) is 0 Å². The van der Waals surface area contributed by atoms with Crippen LogP contribution < -0.4 is 5.73 Å². The molecule has 1 rings (SSSR count). The van der Waals surface area contributed by atoms with E-state index in [0.29, 0.717) is 12.6 Å². The second-order valence-electron chi connectivity index (χ2n) is 4.86. The number of hydrogen-bond acceptors (Lipinski definition) is 3. The Morgan fingerprint density at radius 3 is 2.69 bits per heavy atom. The number of likely N-dealkylation sites (N-methyl/N-ethyl adjacent to an activating group) is 1. The van der Waals surface area contributed by atoms with Gasteiger partial charge in [0.05, 0.1) is 5.92 Å². The zero-order valence-electron chi connectivity index (χ0n) is 10.8. The number of hydrogen-bond donors (Lipinski definition) is 1. The lowest BCUT2D eigenvalue weighted by Gasteiger charge is -2.39. The number of carbonyl (C=O) groups is 1. The number of amides is 1. The Morgan fingerprint density at radius 1 is 1.50 bits per heavy atom. The topological polar surface area (TPSA) is 49.6 Å². The van der Waals surface area contributed by atoms with Crippen molar-refractivity contribution < 1.29 is 4.79 Å². The fraction of sp³-hybridized carbons (Fsp3) is 0.917. The van der Waals surface area contributed by atoms with Crippen LogP contribution in [0.3, 0.4) is 0 Å². The predicted molar refractivity (Wildman–Crippen MR) is 66.1 cm³/mol. The van der Waals surface area contributed by atoms with Crippen molar-refractivity contribution in [1.29, 1.82) is 0 Å². The minimum Gasteiger partial charge on any atom is -0.337 e. The van der Waals surface area contributed by atoms with Crippen molar-refractivity contribution in [2.75, 3.05) is 33.2 Å². The van der Waals surface area contributed by atoms with Gasteiger partial charge in [0.1, 0.15) is 0 Å². The van der Waals surface area contributed by atoms with E-state index < -0.39 is 0 Å². The van der Waals surface area contributed by atoms with Crippen molar-refractivity contribution in [2.24, 2.45) is 11.7 Å². The molecule has 1 amide bonds. The van der Waals surface area contributed by atoms with E-state index in [2.05, 4.69) is 25.8 Å². The molecule has 0 aliphatic carbocycles. The molecule has 0 saturated carbocycles. The molecule has 2 unspecified atom stereocenters. The first kappa shape index (κ1) is 13.5. The monoisotopic (exact) mass is 227 g/mol. The number of nitrogens with two attached hydrogens (primary N) is 1. The van der Waals surface area contributed by atoms with E-state index in [1.54, 1.807) is 0 Å². The fourth-order valence-electron chi connectivity index (χ4n) is 2.39. The Hall–Kier alpha value is -0.610. The standard InChI is InChI=1S/C12H25N3O/c1-4-5-11(8-13)12(16)15-7-6-14(3)9-10(15)2/h10-11H,4-9,13H2,1-3H3. The highest BCUT2D eigenvalue weighted by atomic mass is 16.2. The average Bonchev–Trinajstić information content (AvgIpc) is 2.25. The number of nitrogens with zero attached hydrogens (tertiary/aromatic N) is 2. The molecule has 1 fully saturated rings. The molecule has 16 heavy (non-hydrogen) atoms. The molecule has 2 atom stereocenters. The second kappa shape index (κ2) is 6.21. The van der Waals surface area contributed by atoms with Crippen LogP contribution in [0.4, 0.5) is 0 Å². The molecule has 1 saturated heterocycles. The van der Waals surface area contributed by atoms with Crippen LogP contribution in [-0.2, 0) is 4.79 Å². The number of piperazine rings is 1. The van der Waals surface area contributed by atoms with Crippen LogP contribution in [0.25, 0.3) is 0 Å². The molecule has 0 radical (unpaired) electrons. The summed E-state index contributed by atoms with van der Waals surface area (Å²) < 4.78 is 0. The molecule has 2 N–H and O–H groups in total. The quantitative estimate of drug-likeness (QED) is 0.762. The largest absolute Gasteiger partial charge is 0.337 e. The van der Waals surface area contributed by atoms with Crippen LogP contribution in [-0.4, -0.2) is 55.0 Å². The zero-order valence-corrected chi connectivity index (χ0v) is 10.8. The minimum atomic E-state index is 0.0239. The normalized spacial score (nSPS) is 24.5. The summed E-state index contributed by atoms with van der Waals surface area (Å²) in [5.74, 6) is 0.279. The predicted octanol–water partition coefficient (Wildman–Crippen LogP) is 0.524. The van der Waals surface area contributed by atoms with Crippen molar-refractivity contribution in [3.8, 4) is 0 Å². The molecule has 0 spiro atoms. The first-order chi connectivity index (χ1) is 7.60. The Bertz CT molecular complexity index is 232. The van der Waals surface area contributed by atoms with Gasteiger partial charge in [0, 0.05) is 32.2 Å². The Kier molecular flexibility index (Phi) is 5.22. The molecule has 1 aliphatic rings. The van der Waals surface area contributed by atoms with Crippen LogP contribution in [0.5, 0.6) is 0 Å². The zero-order chi connectivity index (χ0) is 12.1. The average molecular weight is 227 g/mol. The summed E-state index contributed by atoms with van der Waals surface area (Å²) in [4.78, 5) is 16.5. The van der Waals surface area contributed by atoms with Crippen molar-refractivity contribution in [1.82, 2.24) is 9.80 Å². The first-order valence-corrected chi connectivity index (χ1v) is 6.29. The van der Waals surface area contributed by atoms with Gasteiger partial charge in [-0.05, 0) is 20.4 Å². The van der Waals surface area contributed by atoms with E-state index in [1.165, 1.54) is 0 Å². The van der Waals surface area contributed by atoms with Crippen molar-refractivity contribution in [2.45, 2.75) is 32.7 Å². The van der Waals surface area contributed by atoms with Gasteiger partial charge in [-0.25, -0.2) is 0 Å². The summed E-state index contributed by atoms with van der Waals surface area (Å²) in [6.45, 7) is 7.48. The summed E-state index contributed by atoms with van der Waals surface area (Å²) in [7, 11) is 2.10. The molecule has 4 heteroatoms. The lowest BCUT2D eigenvalue weighted by Crippen LogP contribution is -2.54. The lowest BCUT2D eigenvalue weighted by molar-refractivity contribution is -0.139. The third kappa shape index (κ3) is 3.19. The van der Waals surface area contributed by atoms with Crippen LogP contribution in [0.1, 0.15) is 26.7 Å². The van der Waals surface area contributed by atoms with Gasteiger partial charge in [-0.1, -0.05) is 13.3 Å². The van der Waals surface area contributed by atoms with E-state index in [-0.39, 0.29) is 11.8 Å². The molecule has 94 valence electrons. The molecule has 1 heterocycles. The third-order valence-electron chi connectivity index (χ3n) is 3.38. The van der Waals surface area contributed by atoms with E-state index in [9.17, 15) is 4.79 Å². The van der Waals surface area contributed by atoms with Gasteiger partial charge in [0.15, 0.2) is 0 Å². The van der Waals surface area contributed by atoms with E-state index in [1.807, 2.05) is 4.90 Å². The van der Waals surface area contributed by atoms with Crippen LogP contribution in [0, 0.1) is 5.92 Å². The summed E-state index contributed by atoms with van der Waals surface area (Å²) in [5.41, 5.74) is 5.68. The lowest BCUT2D eigenvalue weighted by atomic mass is 10.0. The van der Waals surface area contributed by atoms with Crippen molar-refractivity contribution >= 4 is 5.91 Å². The molecular weight excluding hydrogens is 202 g/mol. The Morgan fingerprint density at radius 2 is 2.19 bits per heavy atom. The summed E-state index contributed by atoms with van der Waals surface area (Å²) in [6.07, 6.45) is 1.93. The number of carbonyl (C=O) groups excluding carboxylic acids is 1. The van der Waals surface area contributed by atoms with Gasteiger partial charge in [0.25, 0.3) is 0 Å². The Labute approximate surface area is 98.8 Å². The van der Waals surface area contributed by atoms with E-state index >= 15 is 0 Å². The Balaban J connectivity index is 2.58. The molecule has 4 nitrogen and oxygen atoms in total. The minimum absolute atomic E-state index is 0.0239. The first-order valence-electron chi connectivity index (χ1n) is 6.29. The van der Waals surface area contributed by atoms with Gasteiger partial charge in [-0.15, -0.1) is 0 Å². The van der Waals surface area contributed by atoms with Crippen LogP contribution >= 0.6 is 0 Å². The van der Waals surface area contributed by atoms with Gasteiger partial charge < -0.3 is 15.5 Å². The molecule has 0 aromatic carbocycles. The molecule has 0 aromatic heterocycles. The summed E-state index contributed by atoms with van der Waals surface area (Å²) in [5, 5.41) is 0. The highest BCUT2D eigenvalue weighted by molar-refractivity contribution is 5.79. The van der Waals surface area contributed by atoms with Crippen LogP contribution in [0.15, 0.2) is 0 Å². The van der Waals surface area contributed by atoms with Crippen LogP contribution in [0.2, 0.25) is 0 Å². The molecular formula is C12H25N3O. The maximum absolute atomic E-state index is 12.3. The van der Waals surface area contributed by atoms with Crippen molar-refractivity contribution in [3.05, 3.63) is 0 Å². The SMILES string of the molecule is CCCC(CN)C(=O)N1CCN(C)CC1C. The fourth-order valence-corrected chi connectivity index (χ4v) is 2.39. The molecule has 1 aliphatic heterocycles. The van der Waals surface area contributed by atoms with Gasteiger partial charge in [-0.3, -0.25) is 4.79 Å². The van der Waals surface area contributed by atoms with E-state index in [0.717, 1.165) is 32.5 Å².